The molecule has 2 rings (SSSR count). The molecule has 1 atom stereocenters. The zero-order chi connectivity index (χ0) is 21.4. The lowest BCUT2D eigenvalue weighted by atomic mass is 10.1. The van der Waals surface area contributed by atoms with E-state index in [9.17, 15) is 19.2 Å². The Balaban J connectivity index is 2.01. The van der Waals surface area contributed by atoms with Crippen LogP contribution in [0.25, 0.3) is 11.0 Å². The van der Waals surface area contributed by atoms with Crippen LogP contribution in [0.2, 0.25) is 0 Å². The van der Waals surface area contributed by atoms with E-state index in [4.69, 9.17) is 14.9 Å². The van der Waals surface area contributed by atoms with Gasteiger partial charge in [-0.1, -0.05) is 6.92 Å². The van der Waals surface area contributed by atoms with Crippen molar-refractivity contribution >= 4 is 34.6 Å². The van der Waals surface area contributed by atoms with Crippen LogP contribution in [0, 0.1) is 6.92 Å². The minimum Gasteiger partial charge on any atom is -0.436 e. The second kappa shape index (κ2) is 10.3. The van der Waals surface area contributed by atoms with Crippen LogP contribution in [-0.4, -0.2) is 30.6 Å². The fourth-order valence-corrected chi connectivity index (χ4v) is 2.82. The van der Waals surface area contributed by atoms with Crippen molar-refractivity contribution in [2.24, 2.45) is 5.73 Å². The van der Waals surface area contributed by atoms with Crippen LogP contribution >= 0.6 is 0 Å². The summed E-state index contributed by atoms with van der Waals surface area (Å²) in [7, 11) is 0. The summed E-state index contributed by atoms with van der Waals surface area (Å²) in [4.78, 5) is 46.4. The summed E-state index contributed by atoms with van der Waals surface area (Å²) in [6.07, 6.45) is -0.307. The molecule has 1 aromatic carbocycles. The number of carbonyl (C=O) groups is 3. The molecule has 1 aromatic heterocycles. The van der Waals surface area contributed by atoms with Crippen molar-refractivity contribution < 1.29 is 23.5 Å². The molecule has 0 radical (unpaired) electrons. The SMILES string of the molecule is CCC(=O)NCCCCC(OC(N)=O)C(=O)Nc1ccc2c(C)cc(=O)oc2c1. The molecule has 0 aliphatic carbocycles. The highest BCUT2D eigenvalue weighted by Gasteiger charge is 2.22. The number of fused-ring (bicyclic) bond motifs is 1. The molecule has 0 fully saturated rings. The van der Waals surface area contributed by atoms with Crippen molar-refractivity contribution in [3.8, 4) is 0 Å². The largest absolute Gasteiger partial charge is 0.436 e. The molecule has 3 amide bonds. The normalized spacial score (nSPS) is 11.7. The summed E-state index contributed by atoms with van der Waals surface area (Å²) in [6.45, 7) is 4.02. The van der Waals surface area contributed by atoms with E-state index in [1.165, 1.54) is 12.1 Å². The van der Waals surface area contributed by atoms with Crippen molar-refractivity contribution in [3.63, 3.8) is 0 Å². The van der Waals surface area contributed by atoms with Crippen LogP contribution in [0.3, 0.4) is 0 Å². The molecule has 0 aliphatic heterocycles. The van der Waals surface area contributed by atoms with Crippen LogP contribution < -0.4 is 22.0 Å². The van der Waals surface area contributed by atoms with Gasteiger partial charge in [0.05, 0.1) is 0 Å². The lowest BCUT2D eigenvalue weighted by Gasteiger charge is -2.16. The quantitative estimate of drug-likeness (QED) is 0.433. The summed E-state index contributed by atoms with van der Waals surface area (Å²) in [5.74, 6) is -0.596. The molecular formula is C20H25N3O6. The molecule has 9 heteroatoms. The number of carbonyl (C=O) groups excluding carboxylic acids is 3. The molecule has 4 N–H and O–H groups in total. The minimum atomic E-state index is -1.07. The molecule has 0 saturated heterocycles. The molecule has 29 heavy (non-hydrogen) atoms. The van der Waals surface area contributed by atoms with E-state index in [-0.39, 0.29) is 12.3 Å². The number of nitrogens with one attached hydrogen (secondary N) is 2. The topological polar surface area (TPSA) is 141 Å². The van der Waals surface area contributed by atoms with Gasteiger partial charge in [0.1, 0.15) is 5.58 Å². The van der Waals surface area contributed by atoms with Gasteiger partial charge in [0.25, 0.3) is 5.91 Å². The standard InChI is InChI=1S/C20H25N3O6/c1-3-17(24)22-9-5-4-6-15(29-20(21)27)19(26)23-13-7-8-14-12(2)10-18(25)28-16(14)11-13/h7-8,10-11,15H,3-6,9H2,1-2H3,(H2,21,27)(H,22,24)(H,23,26). The summed E-state index contributed by atoms with van der Waals surface area (Å²) in [5.41, 5.74) is 6.09. The number of ether oxygens (including phenoxy) is 1. The van der Waals surface area contributed by atoms with Crippen molar-refractivity contribution in [3.05, 3.63) is 40.2 Å². The number of primary amides is 1. The number of anilines is 1. The zero-order valence-electron chi connectivity index (χ0n) is 16.4. The first-order valence-electron chi connectivity index (χ1n) is 9.38. The van der Waals surface area contributed by atoms with Crippen molar-refractivity contribution in [2.75, 3.05) is 11.9 Å². The maximum atomic E-state index is 12.5. The second-order valence-corrected chi connectivity index (χ2v) is 6.57. The Labute approximate surface area is 167 Å². The van der Waals surface area contributed by atoms with Crippen LogP contribution in [0.4, 0.5) is 10.5 Å². The first kappa shape index (κ1) is 21.9. The Kier molecular flexibility index (Phi) is 7.76. The number of nitrogens with two attached hydrogens (primary N) is 1. The number of hydrogen-bond donors (Lipinski definition) is 3. The average Bonchev–Trinajstić information content (AvgIpc) is 2.65. The third-order valence-corrected chi connectivity index (χ3v) is 4.31. The van der Waals surface area contributed by atoms with Gasteiger partial charge in [-0.05, 0) is 43.9 Å². The zero-order valence-corrected chi connectivity index (χ0v) is 16.4. The smallest absolute Gasteiger partial charge is 0.405 e. The Morgan fingerprint density at radius 1 is 1.21 bits per heavy atom. The molecule has 9 nitrogen and oxygen atoms in total. The van der Waals surface area contributed by atoms with Gasteiger partial charge in [-0.25, -0.2) is 9.59 Å². The Morgan fingerprint density at radius 2 is 1.97 bits per heavy atom. The van der Waals surface area contributed by atoms with Gasteiger partial charge in [-0.15, -0.1) is 0 Å². The number of aryl methyl sites for hydroxylation is 1. The van der Waals surface area contributed by atoms with Crippen molar-refractivity contribution in [1.29, 1.82) is 0 Å². The van der Waals surface area contributed by atoms with Crippen LogP contribution in [0.5, 0.6) is 0 Å². The van der Waals surface area contributed by atoms with E-state index in [1.54, 1.807) is 26.0 Å². The summed E-state index contributed by atoms with van der Waals surface area (Å²) >= 11 is 0. The first-order valence-corrected chi connectivity index (χ1v) is 9.38. The molecule has 0 aliphatic rings. The monoisotopic (exact) mass is 403 g/mol. The van der Waals surface area contributed by atoms with E-state index in [2.05, 4.69) is 10.6 Å². The lowest BCUT2D eigenvalue weighted by molar-refractivity contribution is -0.124. The Bertz CT molecular complexity index is 953. The van der Waals surface area contributed by atoms with Crippen molar-refractivity contribution in [2.45, 2.75) is 45.6 Å². The highest BCUT2D eigenvalue weighted by atomic mass is 16.6. The molecule has 1 heterocycles. The third kappa shape index (κ3) is 6.63. The van der Waals surface area contributed by atoms with E-state index < -0.39 is 23.7 Å². The van der Waals surface area contributed by atoms with Gasteiger partial charge in [0, 0.05) is 36.2 Å². The molecule has 0 spiro atoms. The van der Waals surface area contributed by atoms with Crippen molar-refractivity contribution in [1.82, 2.24) is 5.32 Å². The van der Waals surface area contributed by atoms with Crippen LogP contribution in [0.1, 0.15) is 38.2 Å². The summed E-state index contributed by atoms with van der Waals surface area (Å²) in [6, 6.07) is 6.31. The fraction of sp³-hybridized carbons (Fsp3) is 0.400. The van der Waals surface area contributed by atoms with Gasteiger partial charge in [0.2, 0.25) is 5.91 Å². The molecule has 0 saturated carbocycles. The number of rotatable bonds is 9. The fourth-order valence-electron chi connectivity index (χ4n) is 2.82. The highest BCUT2D eigenvalue weighted by Crippen LogP contribution is 2.21. The van der Waals surface area contributed by atoms with Gasteiger partial charge < -0.3 is 25.5 Å². The predicted molar refractivity (Wildman–Crippen MR) is 107 cm³/mol. The molecule has 2 aromatic rings. The van der Waals surface area contributed by atoms with Crippen LogP contribution in [0.15, 0.2) is 33.5 Å². The second-order valence-electron chi connectivity index (χ2n) is 6.57. The minimum absolute atomic E-state index is 0.0501. The number of amides is 3. The number of unbranched alkanes of at least 4 members (excludes halogenated alkanes) is 1. The predicted octanol–water partition coefficient (Wildman–Crippen LogP) is 2.20. The molecule has 0 bridgehead atoms. The maximum Gasteiger partial charge on any atom is 0.405 e. The third-order valence-electron chi connectivity index (χ3n) is 4.31. The van der Waals surface area contributed by atoms with E-state index in [0.29, 0.717) is 37.1 Å². The Morgan fingerprint density at radius 3 is 2.66 bits per heavy atom. The average molecular weight is 403 g/mol. The van der Waals surface area contributed by atoms with Crippen LogP contribution in [-0.2, 0) is 14.3 Å². The molecule has 156 valence electrons. The summed E-state index contributed by atoms with van der Waals surface area (Å²) < 4.78 is 10.1. The van der Waals surface area contributed by atoms with E-state index in [1.807, 2.05) is 0 Å². The molecular weight excluding hydrogens is 378 g/mol. The van der Waals surface area contributed by atoms with Gasteiger partial charge in [-0.2, -0.15) is 0 Å². The van der Waals surface area contributed by atoms with E-state index in [0.717, 1.165) is 10.9 Å². The molecule has 1 unspecified atom stereocenters. The Hall–Kier alpha value is -3.36. The maximum absolute atomic E-state index is 12.5. The summed E-state index contributed by atoms with van der Waals surface area (Å²) in [5, 5.41) is 6.13. The lowest BCUT2D eigenvalue weighted by Crippen LogP contribution is -2.34. The number of hydrogen-bond acceptors (Lipinski definition) is 6. The highest BCUT2D eigenvalue weighted by molar-refractivity contribution is 5.97. The van der Waals surface area contributed by atoms with Gasteiger partial charge in [-0.3, -0.25) is 9.59 Å². The number of benzene rings is 1. The van der Waals surface area contributed by atoms with E-state index >= 15 is 0 Å². The van der Waals surface area contributed by atoms with Gasteiger partial charge in [0.15, 0.2) is 6.10 Å². The van der Waals surface area contributed by atoms with Gasteiger partial charge >= 0.3 is 11.7 Å². The first-order chi connectivity index (χ1) is 13.8.